The Bertz CT molecular complexity index is 495. The lowest BCUT2D eigenvalue weighted by atomic mass is 9.92. The maximum Gasteiger partial charge on any atom is 0.124 e. The molecule has 0 aliphatic carbocycles. The number of H-pyrrole nitrogens is 1. The highest BCUT2D eigenvalue weighted by molar-refractivity contribution is 5.46. The second kappa shape index (κ2) is 4.13. The van der Waals surface area contributed by atoms with E-state index in [-0.39, 0.29) is 6.04 Å². The largest absolute Gasteiger partial charge is 0.493 e. The van der Waals surface area contributed by atoms with Gasteiger partial charge >= 0.3 is 0 Å². The molecule has 4 nitrogen and oxygen atoms in total. The lowest BCUT2D eigenvalue weighted by molar-refractivity contribution is 0.214. The van der Waals surface area contributed by atoms with Crippen LogP contribution < -0.4 is 10.1 Å². The molecule has 88 valence electrons. The number of hydrogen-bond donors (Lipinski definition) is 2. The summed E-state index contributed by atoms with van der Waals surface area (Å²) in [5.41, 5.74) is 2.23. The van der Waals surface area contributed by atoms with Gasteiger partial charge < -0.3 is 10.1 Å². The van der Waals surface area contributed by atoms with Gasteiger partial charge in [-0.15, -0.1) is 0 Å². The van der Waals surface area contributed by atoms with E-state index in [4.69, 9.17) is 4.74 Å². The second-order valence-corrected chi connectivity index (χ2v) is 4.44. The van der Waals surface area contributed by atoms with Gasteiger partial charge in [0.1, 0.15) is 5.75 Å². The molecule has 0 saturated heterocycles. The van der Waals surface area contributed by atoms with Gasteiger partial charge in [-0.2, -0.15) is 5.10 Å². The number of aromatic amines is 1. The van der Waals surface area contributed by atoms with Crippen LogP contribution in [0.3, 0.4) is 0 Å². The maximum absolute atomic E-state index is 5.72. The Morgan fingerprint density at radius 3 is 3.12 bits per heavy atom. The maximum atomic E-state index is 5.72. The summed E-state index contributed by atoms with van der Waals surface area (Å²) >= 11 is 0. The van der Waals surface area contributed by atoms with Gasteiger partial charge in [0.15, 0.2) is 0 Å². The van der Waals surface area contributed by atoms with E-state index < -0.39 is 0 Å². The number of benzene rings is 1. The number of anilines is 1. The highest BCUT2D eigenvalue weighted by atomic mass is 16.5. The van der Waals surface area contributed by atoms with Crippen molar-refractivity contribution >= 4 is 5.69 Å². The molecular formula is C13H15N3O. The van der Waals surface area contributed by atoms with Gasteiger partial charge in [0, 0.05) is 17.7 Å². The number of fused-ring (bicyclic) bond motifs is 1. The highest BCUT2D eigenvalue weighted by Gasteiger charge is 2.27. The molecular weight excluding hydrogens is 214 g/mol. The monoisotopic (exact) mass is 229 g/mol. The Morgan fingerprint density at radius 1 is 1.41 bits per heavy atom. The summed E-state index contributed by atoms with van der Waals surface area (Å²) in [5, 5.41) is 10.3. The van der Waals surface area contributed by atoms with E-state index in [2.05, 4.69) is 28.5 Å². The fraction of sp³-hybridized carbons (Fsp3) is 0.308. The molecule has 0 fully saturated rings. The van der Waals surface area contributed by atoms with Crippen LogP contribution in [-0.2, 0) is 0 Å². The van der Waals surface area contributed by atoms with Crippen LogP contribution in [0.2, 0.25) is 0 Å². The average molecular weight is 229 g/mol. The Morgan fingerprint density at radius 2 is 2.29 bits per heavy atom. The molecule has 4 heteroatoms. The topological polar surface area (TPSA) is 49.9 Å². The molecule has 0 spiro atoms. The van der Waals surface area contributed by atoms with Crippen LogP contribution in [0.25, 0.3) is 0 Å². The Hall–Kier alpha value is -1.97. The molecule has 0 amide bonds. The van der Waals surface area contributed by atoms with E-state index in [1.165, 1.54) is 5.56 Å². The summed E-state index contributed by atoms with van der Waals surface area (Å²) in [4.78, 5) is 0. The van der Waals surface area contributed by atoms with Crippen molar-refractivity contribution in [3.63, 3.8) is 0 Å². The molecule has 2 N–H and O–H groups in total. The van der Waals surface area contributed by atoms with Gasteiger partial charge in [-0.25, -0.2) is 0 Å². The van der Waals surface area contributed by atoms with Crippen molar-refractivity contribution in [2.45, 2.75) is 13.0 Å². The number of hydrogen-bond acceptors (Lipinski definition) is 3. The fourth-order valence-corrected chi connectivity index (χ4v) is 2.22. The minimum absolute atomic E-state index is 0.276. The summed E-state index contributed by atoms with van der Waals surface area (Å²) in [6, 6.07) is 8.46. The molecule has 0 radical (unpaired) electrons. The first-order chi connectivity index (χ1) is 8.34. The summed E-state index contributed by atoms with van der Waals surface area (Å²) < 4.78 is 5.72. The van der Waals surface area contributed by atoms with Crippen molar-refractivity contribution in [3.8, 4) is 5.75 Å². The summed E-state index contributed by atoms with van der Waals surface area (Å²) in [6.07, 6.45) is 3.66. The molecule has 2 unspecified atom stereocenters. The molecule has 1 aliphatic rings. The average Bonchev–Trinajstić information content (AvgIpc) is 2.86. The van der Waals surface area contributed by atoms with Gasteiger partial charge in [0.2, 0.25) is 0 Å². The lowest BCUT2D eigenvalue weighted by Crippen LogP contribution is -2.28. The third kappa shape index (κ3) is 1.86. The van der Waals surface area contributed by atoms with E-state index in [0.717, 1.165) is 18.0 Å². The molecule has 1 aliphatic heterocycles. The highest BCUT2D eigenvalue weighted by Crippen LogP contribution is 2.36. The first kappa shape index (κ1) is 10.2. The molecule has 2 aromatic rings. The predicted molar refractivity (Wildman–Crippen MR) is 66.1 cm³/mol. The third-order valence-electron chi connectivity index (χ3n) is 3.15. The predicted octanol–water partition coefficient (Wildman–Crippen LogP) is 2.59. The second-order valence-electron chi connectivity index (χ2n) is 4.44. The van der Waals surface area contributed by atoms with Gasteiger partial charge in [-0.1, -0.05) is 25.1 Å². The van der Waals surface area contributed by atoms with Crippen LogP contribution in [0.15, 0.2) is 36.7 Å². The van der Waals surface area contributed by atoms with E-state index in [9.17, 15) is 0 Å². The Labute approximate surface area is 100 Å². The third-order valence-corrected chi connectivity index (χ3v) is 3.15. The zero-order valence-corrected chi connectivity index (χ0v) is 9.68. The molecule has 2 heterocycles. The van der Waals surface area contributed by atoms with Crippen LogP contribution >= 0.6 is 0 Å². The van der Waals surface area contributed by atoms with Crippen molar-refractivity contribution in [2.24, 2.45) is 5.92 Å². The summed E-state index contributed by atoms with van der Waals surface area (Å²) in [5.74, 6) is 1.41. The van der Waals surface area contributed by atoms with E-state index >= 15 is 0 Å². The van der Waals surface area contributed by atoms with Crippen LogP contribution in [0, 0.1) is 5.92 Å². The molecule has 0 bridgehead atoms. The summed E-state index contributed by atoms with van der Waals surface area (Å²) in [6.45, 7) is 2.93. The van der Waals surface area contributed by atoms with Crippen LogP contribution in [0.1, 0.15) is 18.5 Å². The quantitative estimate of drug-likeness (QED) is 0.832. The molecule has 17 heavy (non-hydrogen) atoms. The minimum Gasteiger partial charge on any atom is -0.493 e. The number of nitrogens with zero attached hydrogens (tertiary/aromatic N) is 1. The van der Waals surface area contributed by atoms with E-state index in [1.54, 1.807) is 6.20 Å². The summed E-state index contributed by atoms with van der Waals surface area (Å²) in [7, 11) is 0. The first-order valence-electron chi connectivity index (χ1n) is 5.81. The van der Waals surface area contributed by atoms with Crippen molar-refractivity contribution in [3.05, 3.63) is 42.2 Å². The minimum atomic E-state index is 0.276. The van der Waals surface area contributed by atoms with Crippen LogP contribution in [0.4, 0.5) is 5.69 Å². The standard InChI is InChI=1S/C13H15N3O/c1-9-8-17-12-5-3-2-4-11(12)13(9)16-10-6-14-15-7-10/h2-7,9,13,16H,8H2,1H3,(H,14,15). The van der Waals surface area contributed by atoms with Gasteiger partial charge in [0.05, 0.1) is 24.5 Å². The number of ether oxygens (including phenoxy) is 1. The molecule has 1 aromatic heterocycles. The number of rotatable bonds is 2. The smallest absolute Gasteiger partial charge is 0.124 e. The molecule has 2 atom stereocenters. The van der Waals surface area contributed by atoms with Crippen LogP contribution in [0.5, 0.6) is 5.75 Å². The lowest BCUT2D eigenvalue weighted by Gasteiger charge is -2.32. The van der Waals surface area contributed by atoms with Crippen molar-refractivity contribution in [1.29, 1.82) is 0 Å². The molecule has 1 aromatic carbocycles. The van der Waals surface area contributed by atoms with E-state index in [0.29, 0.717) is 5.92 Å². The number of para-hydroxylation sites is 1. The SMILES string of the molecule is CC1COc2ccccc2C1Nc1cn[nH]c1. The van der Waals surface area contributed by atoms with Crippen LogP contribution in [-0.4, -0.2) is 16.8 Å². The van der Waals surface area contributed by atoms with Gasteiger partial charge in [0.25, 0.3) is 0 Å². The Kier molecular flexibility index (Phi) is 2.48. The van der Waals surface area contributed by atoms with E-state index in [1.807, 2.05) is 24.4 Å². The zero-order chi connectivity index (χ0) is 11.7. The number of aromatic nitrogens is 2. The van der Waals surface area contributed by atoms with Gasteiger partial charge in [-0.3, -0.25) is 5.10 Å². The van der Waals surface area contributed by atoms with Crippen molar-refractivity contribution in [2.75, 3.05) is 11.9 Å². The normalized spacial score (nSPS) is 22.6. The first-order valence-corrected chi connectivity index (χ1v) is 5.81. The van der Waals surface area contributed by atoms with Gasteiger partial charge in [-0.05, 0) is 6.07 Å². The number of nitrogens with one attached hydrogen (secondary N) is 2. The zero-order valence-electron chi connectivity index (χ0n) is 9.68. The molecule has 3 rings (SSSR count). The Balaban J connectivity index is 1.92. The fourth-order valence-electron chi connectivity index (χ4n) is 2.22. The van der Waals surface area contributed by atoms with Crippen molar-refractivity contribution in [1.82, 2.24) is 10.2 Å². The molecule has 0 saturated carbocycles. The van der Waals surface area contributed by atoms with Crippen molar-refractivity contribution < 1.29 is 4.74 Å².